The smallest absolute Gasteiger partial charge is 0.255 e. The second kappa shape index (κ2) is 5.83. The number of nitrogens with one attached hydrogen (secondary N) is 1. The summed E-state index contributed by atoms with van der Waals surface area (Å²) in [7, 11) is 0. The standard InChI is InChI=1S/C10H9ClN4O/c1-7(11)2-9(3-12)15-10(16)8-4-13-6-14-5-8/h2,4-6,9H,1H3,(H,15,16)/b7-2+/t9-/m1/s1. The first kappa shape index (κ1) is 12.1. The van der Waals surface area contributed by atoms with Crippen molar-refractivity contribution in [1.82, 2.24) is 15.3 Å². The molecule has 1 aromatic rings. The predicted octanol–water partition coefficient (Wildman–Crippen LogP) is 1.24. The molecule has 82 valence electrons. The van der Waals surface area contributed by atoms with E-state index in [0.29, 0.717) is 10.6 Å². The lowest BCUT2D eigenvalue weighted by molar-refractivity contribution is 0.0950. The summed E-state index contributed by atoms with van der Waals surface area (Å²) >= 11 is 5.61. The quantitative estimate of drug-likeness (QED) is 0.857. The van der Waals surface area contributed by atoms with Gasteiger partial charge in [0, 0.05) is 17.4 Å². The van der Waals surface area contributed by atoms with Gasteiger partial charge in [0.05, 0.1) is 11.6 Å². The minimum Gasteiger partial charge on any atom is -0.333 e. The molecule has 0 aromatic carbocycles. The van der Waals surface area contributed by atoms with Crippen LogP contribution in [-0.2, 0) is 0 Å². The minimum absolute atomic E-state index is 0.295. The summed E-state index contributed by atoms with van der Waals surface area (Å²) in [5, 5.41) is 11.7. The third kappa shape index (κ3) is 3.67. The van der Waals surface area contributed by atoms with Crippen LogP contribution < -0.4 is 5.32 Å². The molecule has 0 bridgehead atoms. The second-order valence-electron chi connectivity index (χ2n) is 2.96. The maximum absolute atomic E-state index is 11.6. The van der Waals surface area contributed by atoms with Crippen LogP contribution in [0.5, 0.6) is 0 Å². The van der Waals surface area contributed by atoms with Crippen molar-refractivity contribution in [2.75, 3.05) is 0 Å². The highest BCUT2D eigenvalue weighted by molar-refractivity contribution is 6.29. The van der Waals surface area contributed by atoms with Crippen LogP contribution >= 0.6 is 11.6 Å². The van der Waals surface area contributed by atoms with E-state index in [1.807, 2.05) is 6.07 Å². The van der Waals surface area contributed by atoms with Gasteiger partial charge in [-0.15, -0.1) is 0 Å². The molecule has 5 nitrogen and oxygen atoms in total. The summed E-state index contributed by atoms with van der Waals surface area (Å²) in [6.45, 7) is 1.63. The van der Waals surface area contributed by atoms with Crippen molar-refractivity contribution in [3.05, 3.63) is 35.4 Å². The molecule has 0 aliphatic carbocycles. The zero-order valence-electron chi connectivity index (χ0n) is 8.51. The number of halogens is 1. The first-order valence-electron chi connectivity index (χ1n) is 4.43. The van der Waals surface area contributed by atoms with E-state index < -0.39 is 11.9 Å². The Labute approximate surface area is 97.8 Å². The number of carbonyl (C=O) groups is 1. The lowest BCUT2D eigenvalue weighted by Crippen LogP contribution is -2.32. The van der Waals surface area contributed by atoms with Crippen molar-refractivity contribution in [3.8, 4) is 6.07 Å². The average molecular weight is 237 g/mol. The van der Waals surface area contributed by atoms with Crippen LogP contribution in [0.1, 0.15) is 17.3 Å². The molecule has 1 amide bonds. The van der Waals surface area contributed by atoms with Crippen molar-refractivity contribution < 1.29 is 4.79 Å². The highest BCUT2D eigenvalue weighted by atomic mass is 35.5. The summed E-state index contributed by atoms with van der Waals surface area (Å²) < 4.78 is 0. The van der Waals surface area contributed by atoms with Crippen LogP contribution in [0.2, 0.25) is 0 Å². The molecule has 0 spiro atoms. The molecule has 16 heavy (non-hydrogen) atoms. The van der Waals surface area contributed by atoms with E-state index in [-0.39, 0.29) is 0 Å². The normalized spacial score (nSPS) is 12.7. The SMILES string of the molecule is C/C(Cl)=C\[C@H](C#N)NC(=O)c1cncnc1. The maximum atomic E-state index is 11.6. The number of nitriles is 1. The second-order valence-corrected chi connectivity index (χ2v) is 3.56. The van der Waals surface area contributed by atoms with Gasteiger partial charge in [-0.1, -0.05) is 11.6 Å². The monoisotopic (exact) mass is 236 g/mol. The molecule has 1 N–H and O–H groups in total. The fourth-order valence-electron chi connectivity index (χ4n) is 0.982. The van der Waals surface area contributed by atoms with E-state index in [0.717, 1.165) is 0 Å². The van der Waals surface area contributed by atoms with Gasteiger partial charge in [-0.05, 0) is 13.0 Å². The summed E-state index contributed by atoms with van der Waals surface area (Å²) in [6, 6.07) is 1.14. The first-order valence-corrected chi connectivity index (χ1v) is 4.80. The van der Waals surface area contributed by atoms with E-state index in [4.69, 9.17) is 16.9 Å². The molecule has 0 aliphatic heterocycles. The molecular weight excluding hydrogens is 228 g/mol. The Balaban J connectivity index is 2.72. The number of hydrogen-bond donors (Lipinski definition) is 1. The number of carbonyl (C=O) groups excluding carboxylic acids is 1. The molecule has 0 saturated heterocycles. The summed E-state index contributed by atoms with van der Waals surface area (Å²) in [5.41, 5.74) is 0.295. The van der Waals surface area contributed by atoms with Crippen LogP contribution in [0.4, 0.5) is 0 Å². The fourth-order valence-corrected chi connectivity index (χ4v) is 1.11. The van der Waals surface area contributed by atoms with Crippen molar-refractivity contribution in [2.24, 2.45) is 0 Å². The van der Waals surface area contributed by atoms with Gasteiger partial charge in [0.2, 0.25) is 0 Å². The number of aromatic nitrogens is 2. The number of hydrogen-bond acceptors (Lipinski definition) is 4. The van der Waals surface area contributed by atoms with Gasteiger partial charge < -0.3 is 5.32 Å². The number of nitrogens with zero attached hydrogens (tertiary/aromatic N) is 3. The topological polar surface area (TPSA) is 78.7 Å². The predicted molar refractivity (Wildman–Crippen MR) is 58.5 cm³/mol. The zero-order valence-corrected chi connectivity index (χ0v) is 9.27. The molecular formula is C10H9ClN4O. The Morgan fingerprint density at radius 2 is 2.25 bits per heavy atom. The molecule has 0 fully saturated rings. The van der Waals surface area contributed by atoms with Gasteiger partial charge >= 0.3 is 0 Å². The Kier molecular flexibility index (Phi) is 4.42. The van der Waals surface area contributed by atoms with E-state index >= 15 is 0 Å². The Bertz CT molecular complexity index is 434. The van der Waals surface area contributed by atoms with E-state index in [1.165, 1.54) is 24.8 Å². The molecule has 1 aromatic heterocycles. The van der Waals surface area contributed by atoms with E-state index in [1.54, 1.807) is 6.92 Å². The molecule has 0 radical (unpaired) electrons. The highest BCUT2D eigenvalue weighted by Gasteiger charge is 2.11. The molecule has 1 rings (SSSR count). The largest absolute Gasteiger partial charge is 0.333 e. The van der Waals surface area contributed by atoms with E-state index in [9.17, 15) is 4.79 Å². The van der Waals surface area contributed by atoms with Crippen molar-refractivity contribution in [3.63, 3.8) is 0 Å². The third-order valence-corrected chi connectivity index (χ3v) is 1.77. The van der Waals surface area contributed by atoms with Gasteiger partial charge in [0.25, 0.3) is 5.91 Å². The lowest BCUT2D eigenvalue weighted by Gasteiger charge is -2.06. The van der Waals surface area contributed by atoms with Gasteiger partial charge in [0.15, 0.2) is 0 Å². The molecule has 1 heterocycles. The van der Waals surface area contributed by atoms with Crippen LogP contribution in [0, 0.1) is 11.3 Å². The third-order valence-electron chi connectivity index (χ3n) is 1.64. The first-order chi connectivity index (χ1) is 7.63. The van der Waals surface area contributed by atoms with Gasteiger partial charge in [0.1, 0.15) is 12.4 Å². The lowest BCUT2D eigenvalue weighted by atomic mass is 10.2. The average Bonchev–Trinajstić information content (AvgIpc) is 2.28. The summed E-state index contributed by atoms with van der Waals surface area (Å²) in [5.74, 6) is -0.415. The Morgan fingerprint density at radius 1 is 1.62 bits per heavy atom. The minimum atomic E-state index is -0.759. The summed E-state index contributed by atoms with van der Waals surface area (Å²) in [6.07, 6.45) is 5.51. The fraction of sp³-hybridized carbons (Fsp3) is 0.200. The van der Waals surface area contributed by atoms with Gasteiger partial charge in [-0.3, -0.25) is 4.79 Å². The number of allylic oxidation sites excluding steroid dienone is 1. The highest BCUT2D eigenvalue weighted by Crippen LogP contribution is 2.01. The molecule has 0 saturated carbocycles. The van der Waals surface area contributed by atoms with Crippen LogP contribution in [-0.4, -0.2) is 21.9 Å². The van der Waals surface area contributed by atoms with Crippen molar-refractivity contribution >= 4 is 17.5 Å². The molecule has 0 unspecified atom stereocenters. The van der Waals surface area contributed by atoms with Crippen LogP contribution in [0.25, 0.3) is 0 Å². The van der Waals surface area contributed by atoms with E-state index in [2.05, 4.69) is 15.3 Å². The van der Waals surface area contributed by atoms with Crippen LogP contribution in [0.3, 0.4) is 0 Å². The van der Waals surface area contributed by atoms with Crippen molar-refractivity contribution in [1.29, 1.82) is 5.26 Å². The Morgan fingerprint density at radius 3 is 2.75 bits per heavy atom. The van der Waals surface area contributed by atoms with Crippen LogP contribution in [0.15, 0.2) is 29.8 Å². The van der Waals surface area contributed by atoms with Gasteiger partial charge in [-0.25, -0.2) is 9.97 Å². The summed E-state index contributed by atoms with van der Waals surface area (Å²) in [4.78, 5) is 19.0. The van der Waals surface area contributed by atoms with Gasteiger partial charge in [-0.2, -0.15) is 5.26 Å². The zero-order chi connectivity index (χ0) is 12.0. The maximum Gasteiger partial charge on any atom is 0.255 e. The number of rotatable bonds is 3. The molecule has 0 aliphatic rings. The number of amides is 1. The molecule has 6 heteroatoms. The Hall–Kier alpha value is -1.93. The molecule has 1 atom stereocenters. The van der Waals surface area contributed by atoms with Crippen molar-refractivity contribution in [2.45, 2.75) is 13.0 Å².